The van der Waals surface area contributed by atoms with Gasteiger partial charge in [0.05, 0.1) is 21.2 Å². The second kappa shape index (κ2) is 9.29. The molecule has 0 aromatic heterocycles. The Bertz CT molecular complexity index is 1220. The fourth-order valence-corrected chi connectivity index (χ4v) is 4.51. The Labute approximate surface area is 196 Å². The predicted molar refractivity (Wildman–Crippen MR) is 115 cm³/mol. The summed E-state index contributed by atoms with van der Waals surface area (Å²) < 4.78 is 107. The monoisotopic (exact) mass is 528 g/mol. The third-order valence-corrected chi connectivity index (χ3v) is 6.78. The van der Waals surface area contributed by atoms with Crippen LogP contribution in [-0.4, -0.2) is 39.6 Å². The molecule has 0 unspecified atom stereocenters. The molecule has 0 bridgehead atoms. The summed E-state index contributed by atoms with van der Waals surface area (Å²) in [6, 6.07) is 5.41. The Morgan fingerprint density at radius 2 is 1.82 bits per heavy atom. The molecule has 34 heavy (non-hydrogen) atoms. The SMILES string of the molecule is CS(=O)(=O)c1cccc(NC(=O)c2c(N3CCCC(F)(F)CC3)cc(C(F)(F)F)c(Cl)c2F)c1. The molecule has 1 aliphatic rings. The van der Waals surface area contributed by atoms with E-state index in [1.165, 1.54) is 18.2 Å². The van der Waals surface area contributed by atoms with E-state index in [0.29, 0.717) is 6.07 Å². The first-order valence-electron chi connectivity index (χ1n) is 9.93. The van der Waals surface area contributed by atoms with Crippen LogP contribution in [0.2, 0.25) is 5.02 Å². The molecule has 2 aromatic rings. The molecule has 1 saturated heterocycles. The Hall–Kier alpha value is -2.47. The lowest BCUT2D eigenvalue weighted by Gasteiger charge is -2.27. The average molecular weight is 529 g/mol. The van der Waals surface area contributed by atoms with E-state index in [-0.39, 0.29) is 23.5 Å². The largest absolute Gasteiger partial charge is 0.418 e. The first-order valence-corrected chi connectivity index (χ1v) is 12.2. The number of anilines is 2. The van der Waals surface area contributed by atoms with Gasteiger partial charge in [0.25, 0.3) is 5.91 Å². The van der Waals surface area contributed by atoms with Gasteiger partial charge in [-0.15, -0.1) is 0 Å². The zero-order chi connectivity index (χ0) is 25.5. The molecule has 0 saturated carbocycles. The van der Waals surface area contributed by atoms with Crippen LogP contribution in [0.1, 0.15) is 35.2 Å². The van der Waals surface area contributed by atoms with E-state index in [1.807, 2.05) is 0 Å². The standard InChI is InChI=1S/C21H19ClF6N2O3S/c1-34(32,33)13-5-2-4-12(10-13)29-19(31)16-15(30-8-3-6-20(24,25)7-9-30)11-14(21(26,27)28)17(22)18(16)23/h2,4-5,10-11H,3,6-9H2,1H3,(H,29,31). The van der Waals surface area contributed by atoms with Gasteiger partial charge in [-0.25, -0.2) is 21.6 Å². The maximum atomic E-state index is 15.1. The maximum absolute atomic E-state index is 15.1. The van der Waals surface area contributed by atoms with Crippen molar-refractivity contribution in [2.45, 2.75) is 36.3 Å². The Kier molecular flexibility index (Phi) is 7.14. The van der Waals surface area contributed by atoms with E-state index in [4.69, 9.17) is 11.6 Å². The van der Waals surface area contributed by atoms with Gasteiger partial charge in [-0.05, 0) is 30.7 Å². The molecule has 0 spiro atoms. The summed E-state index contributed by atoms with van der Waals surface area (Å²) in [4.78, 5) is 13.9. The quantitative estimate of drug-likeness (QED) is 0.511. The average Bonchev–Trinajstić information content (AvgIpc) is 2.88. The van der Waals surface area contributed by atoms with Crippen molar-refractivity contribution in [1.29, 1.82) is 0 Å². The van der Waals surface area contributed by atoms with Crippen LogP contribution >= 0.6 is 11.6 Å². The topological polar surface area (TPSA) is 66.5 Å². The van der Waals surface area contributed by atoms with Crippen LogP contribution < -0.4 is 10.2 Å². The fourth-order valence-electron chi connectivity index (χ4n) is 3.59. The van der Waals surface area contributed by atoms with Gasteiger partial charge >= 0.3 is 6.18 Å². The minimum atomic E-state index is -5.07. The molecule has 5 nitrogen and oxygen atoms in total. The lowest BCUT2D eigenvalue weighted by molar-refractivity contribution is -0.137. The van der Waals surface area contributed by atoms with Gasteiger partial charge in [0.2, 0.25) is 5.92 Å². The van der Waals surface area contributed by atoms with E-state index >= 15 is 4.39 Å². The first kappa shape index (κ1) is 26.1. The molecule has 0 atom stereocenters. The Balaban J connectivity index is 2.10. The van der Waals surface area contributed by atoms with Crippen LogP contribution in [0.15, 0.2) is 35.2 Å². The lowest BCUT2D eigenvalue weighted by atomic mass is 10.0. The summed E-state index contributed by atoms with van der Waals surface area (Å²) in [5.74, 6) is -5.94. The van der Waals surface area contributed by atoms with Crippen molar-refractivity contribution >= 4 is 38.7 Å². The number of sulfone groups is 1. The second-order valence-corrected chi connectivity index (χ2v) is 10.3. The zero-order valence-electron chi connectivity index (χ0n) is 17.6. The number of rotatable bonds is 4. The van der Waals surface area contributed by atoms with Crippen molar-refractivity contribution in [3.05, 3.63) is 52.3 Å². The van der Waals surface area contributed by atoms with Gasteiger partial charge in [-0.3, -0.25) is 4.79 Å². The van der Waals surface area contributed by atoms with Crippen LogP contribution in [-0.2, 0) is 16.0 Å². The summed E-state index contributed by atoms with van der Waals surface area (Å²) >= 11 is 5.61. The number of carbonyl (C=O) groups excluding carboxylic acids is 1. The summed E-state index contributed by atoms with van der Waals surface area (Å²) in [6.45, 7) is -0.562. The summed E-state index contributed by atoms with van der Waals surface area (Å²) in [5, 5.41) is 0.909. The van der Waals surface area contributed by atoms with Gasteiger partial charge in [-0.1, -0.05) is 17.7 Å². The number of hydrogen-bond donors (Lipinski definition) is 1. The minimum Gasteiger partial charge on any atom is -0.371 e. The van der Waals surface area contributed by atoms with Crippen molar-refractivity contribution in [2.75, 3.05) is 29.6 Å². The van der Waals surface area contributed by atoms with E-state index in [2.05, 4.69) is 5.32 Å². The summed E-state index contributed by atoms with van der Waals surface area (Å²) in [6.07, 6.45) is -5.45. The number of amides is 1. The minimum absolute atomic E-state index is 0.0725. The zero-order valence-corrected chi connectivity index (χ0v) is 19.2. The molecule has 0 radical (unpaired) electrons. The molecule has 1 heterocycles. The highest BCUT2D eigenvalue weighted by Gasteiger charge is 2.39. The highest BCUT2D eigenvalue weighted by atomic mass is 35.5. The maximum Gasteiger partial charge on any atom is 0.418 e. The molecule has 2 aromatic carbocycles. The third-order valence-electron chi connectivity index (χ3n) is 5.30. The van der Waals surface area contributed by atoms with E-state index in [1.54, 1.807) is 0 Å². The van der Waals surface area contributed by atoms with Crippen LogP contribution in [0, 0.1) is 5.82 Å². The molecular weight excluding hydrogens is 510 g/mol. The van der Waals surface area contributed by atoms with Crippen LogP contribution in [0.3, 0.4) is 0 Å². The van der Waals surface area contributed by atoms with Crippen molar-refractivity contribution in [3.63, 3.8) is 0 Å². The number of nitrogens with zero attached hydrogens (tertiary/aromatic N) is 1. The normalized spacial score (nSPS) is 16.8. The number of halogens is 7. The summed E-state index contributed by atoms with van der Waals surface area (Å²) in [5.41, 5.74) is -3.03. The molecule has 1 amide bonds. The highest BCUT2D eigenvalue weighted by molar-refractivity contribution is 7.90. The third kappa shape index (κ3) is 5.77. The van der Waals surface area contributed by atoms with E-state index in [0.717, 1.165) is 17.2 Å². The van der Waals surface area contributed by atoms with Gasteiger partial charge in [0, 0.05) is 37.9 Å². The smallest absolute Gasteiger partial charge is 0.371 e. The molecule has 13 heteroatoms. The predicted octanol–water partition coefficient (Wildman–Crippen LogP) is 5.78. The molecule has 1 N–H and O–H groups in total. The van der Waals surface area contributed by atoms with E-state index in [9.17, 15) is 35.2 Å². The number of nitrogens with one attached hydrogen (secondary N) is 1. The number of benzene rings is 2. The van der Waals surface area contributed by atoms with E-state index < -0.39 is 74.9 Å². The Morgan fingerprint density at radius 1 is 1.15 bits per heavy atom. The molecule has 1 aliphatic heterocycles. The molecule has 186 valence electrons. The van der Waals surface area contributed by atoms with Gasteiger partial charge in [0.1, 0.15) is 5.56 Å². The van der Waals surface area contributed by atoms with Crippen LogP contribution in [0.25, 0.3) is 0 Å². The molecule has 0 aliphatic carbocycles. The van der Waals surface area contributed by atoms with Crippen molar-refractivity contribution in [3.8, 4) is 0 Å². The van der Waals surface area contributed by atoms with Crippen molar-refractivity contribution < 1.29 is 39.6 Å². The summed E-state index contributed by atoms with van der Waals surface area (Å²) in [7, 11) is -3.65. The number of alkyl halides is 5. The molecular formula is C21H19ClF6N2O3S. The molecule has 3 rings (SSSR count). The van der Waals surface area contributed by atoms with Crippen molar-refractivity contribution in [2.24, 2.45) is 0 Å². The highest BCUT2D eigenvalue weighted by Crippen LogP contribution is 2.42. The first-order chi connectivity index (χ1) is 15.6. The lowest BCUT2D eigenvalue weighted by Crippen LogP contribution is -2.30. The fraction of sp³-hybridized carbons (Fsp3) is 0.381. The van der Waals surface area contributed by atoms with Crippen molar-refractivity contribution in [1.82, 2.24) is 0 Å². The molecule has 1 fully saturated rings. The van der Waals surface area contributed by atoms with Gasteiger partial charge in [0.15, 0.2) is 15.7 Å². The second-order valence-electron chi connectivity index (χ2n) is 7.89. The van der Waals surface area contributed by atoms with Gasteiger partial charge < -0.3 is 10.2 Å². The number of hydrogen-bond acceptors (Lipinski definition) is 4. The Morgan fingerprint density at radius 3 is 2.44 bits per heavy atom. The van der Waals surface area contributed by atoms with Gasteiger partial charge in [-0.2, -0.15) is 13.2 Å². The van der Waals surface area contributed by atoms with Crippen LogP contribution in [0.4, 0.5) is 37.7 Å². The van der Waals surface area contributed by atoms with Crippen LogP contribution in [0.5, 0.6) is 0 Å². The number of carbonyl (C=O) groups is 1.